The highest BCUT2D eigenvalue weighted by molar-refractivity contribution is 6.39. The number of aliphatic hydroxyl groups excluding tert-OH is 1. The van der Waals surface area contributed by atoms with E-state index in [9.17, 15) is 14.4 Å². The SMILES string of the molecule is CCOC(=O)c1cc(OCCN(C)CCO)cc(-c2cccc(-c3cc(NC(=O)Nc4c(Cl)cncc4Cl)c(=O)n(CC)n3)c2)c1. The van der Waals surface area contributed by atoms with Crippen LogP contribution < -0.4 is 20.9 Å². The van der Waals surface area contributed by atoms with Gasteiger partial charge in [-0.1, -0.05) is 41.4 Å². The molecule has 0 aliphatic rings. The Kier molecular flexibility index (Phi) is 12.1. The molecule has 4 rings (SSSR count). The molecule has 0 radical (unpaired) electrons. The van der Waals surface area contributed by atoms with Crippen LogP contribution in [0.2, 0.25) is 10.0 Å². The summed E-state index contributed by atoms with van der Waals surface area (Å²) in [6, 6.07) is 13.3. The van der Waals surface area contributed by atoms with Gasteiger partial charge in [0.2, 0.25) is 0 Å². The van der Waals surface area contributed by atoms with Gasteiger partial charge in [0, 0.05) is 37.6 Å². The molecular formula is C32H34Cl2N6O6. The Morgan fingerprint density at radius 1 is 0.978 bits per heavy atom. The number of nitrogens with zero attached hydrogens (tertiary/aromatic N) is 4. The number of anilines is 2. The smallest absolute Gasteiger partial charge is 0.338 e. The first-order valence-corrected chi connectivity index (χ1v) is 15.2. The van der Waals surface area contributed by atoms with Crippen molar-refractivity contribution in [1.82, 2.24) is 19.7 Å². The number of hydrogen-bond acceptors (Lipinski definition) is 9. The predicted octanol–water partition coefficient (Wildman–Crippen LogP) is 5.42. The van der Waals surface area contributed by atoms with Gasteiger partial charge in [0.25, 0.3) is 5.56 Å². The Bertz CT molecular complexity index is 1750. The second-order valence-corrected chi connectivity index (χ2v) is 10.9. The van der Waals surface area contributed by atoms with E-state index in [1.54, 1.807) is 26.0 Å². The van der Waals surface area contributed by atoms with E-state index >= 15 is 0 Å². The fourth-order valence-corrected chi connectivity index (χ4v) is 4.89. The monoisotopic (exact) mass is 668 g/mol. The van der Waals surface area contributed by atoms with E-state index in [2.05, 4.69) is 20.7 Å². The maximum atomic E-state index is 13.1. The molecule has 0 saturated heterocycles. The first kappa shape index (κ1) is 34.4. The molecule has 0 spiro atoms. The number of aryl methyl sites for hydroxylation is 1. The number of carbonyl (C=O) groups is 2. The van der Waals surface area contributed by atoms with E-state index in [0.29, 0.717) is 47.8 Å². The van der Waals surface area contributed by atoms with Crippen LogP contribution in [-0.4, -0.2) is 76.7 Å². The Balaban J connectivity index is 1.66. The number of rotatable bonds is 13. The molecule has 2 amide bonds. The number of benzene rings is 2. The zero-order valence-corrected chi connectivity index (χ0v) is 27.1. The highest BCUT2D eigenvalue weighted by Gasteiger charge is 2.17. The summed E-state index contributed by atoms with van der Waals surface area (Å²) in [5.74, 6) is -0.00399. The van der Waals surface area contributed by atoms with E-state index in [4.69, 9.17) is 37.8 Å². The van der Waals surface area contributed by atoms with Gasteiger partial charge >= 0.3 is 12.0 Å². The molecule has 0 aliphatic carbocycles. The van der Waals surface area contributed by atoms with Crippen molar-refractivity contribution in [3.8, 4) is 28.1 Å². The fraction of sp³-hybridized carbons (Fsp3) is 0.281. The quantitative estimate of drug-likeness (QED) is 0.159. The van der Waals surface area contributed by atoms with E-state index < -0.39 is 17.6 Å². The number of nitrogens with one attached hydrogen (secondary N) is 2. The number of hydrogen-bond donors (Lipinski definition) is 3. The number of aromatic nitrogens is 3. The number of pyridine rings is 1. The number of aliphatic hydroxyl groups is 1. The molecule has 2 aromatic heterocycles. The standard InChI is InChI=1S/C32H34Cl2N6O6/c1-4-40-30(42)28(36-32(44)37-29-25(33)18-35-19-26(29)34)17-27(38-40)21-8-6-7-20(13-21)22-14-23(31(43)45-5-2)16-24(15-22)46-12-10-39(3)9-11-41/h6-8,13-19,41H,4-5,9-12H2,1-3H3,(H2,35,36,37,44). The second kappa shape index (κ2) is 16.2. The van der Waals surface area contributed by atoms with E-state index in [1.165, 1.54) is 23.1 Å². The maximum absolute atomic E-state index is 13.1. The van der Waals surface area contributed by atoms with Crippen molar-refractivity contribution in [3.63, 3.8) is 0 Å². The van der Waals surface area contributed by atoms with Crippen molar-refractivity contribution in [2.45, 2.75) is 20.4 Å². The summed E-state index contributed by atoms with van der Waals surface area (Å²) in [5.41, 5.74) is 2.48. The molecule has 3 N–H and O–H groups in total. The van der Waals surface area contributed by atoms with Crippen LogP contribution in [0.1, 0.15) is 24.2 Å². The Labute approximate surface area is 275 Å². The average Bonchev–Trinajstić information content (AvgIpc) is 3.04. The molecule has 0 saturated carbocycles. The number of urea groups is 1. The molecule has 0 unspecified atom stereocenters. The lowest BCUT2D eigenvalue weighted by molar-refractivity contribution is 0.0525. The molecule has 0 aliphatic heterocycles. The van der Waals surface area contributed by atoms with Crippen molar-refractivity contribution in [2.75, 3.05) is 50.6 Å². The number of amides is 2. The van der Waals surface area contributed by atoms with Crippen LogP contribution in [0.15, 0.2) is 65.7 Å². The second-order valence-electron chi connectivity index (χ2n) is 10.0. The van der Waals surface area contributed by atoms with E-state index in [0.717, 1.165) is 5.56 Å². The largest absolute Gasteiger partial charge is 0.492 e. The van der Waals surface area contributed by atoms with Gasteiger partial charge in [-0.05, 0) is 62.4 Å². The van der Waals surface area contributed by atoms with Crippen molar-refractivity contribution >= 4 is 46.6 Å². The molecule has 0 fully saturated rings. The third kappa shape index (κ3) is 8.82. The van der Waals surface area contributed by atoms with Crippen LogP contribution >= 0.6 is 23.2 Å². The van der Waals surface area contributed by atoms with Crippen LogP contribution in [0.3, 0.4) is 0 Å². The van der Waals surface area contributed by atoms with Crippen LogP contribution in [0.25, 0.3) is 22.4 Å². The van der Waals surface area contributed by atoms with Gasteiger partial charge in [0.05, 0.1) is 40.2 Å². The molecule has 0 bridgehead atoms. The minimum atomic E-state index is -0.730. The number of esters is 1. The van der Waals surface area contributed by atoms with Crippen molar-refractivity contribution in [3.05, 3.63) is 86.9 Å². The number of carbonyl (C=O) groups excluding carboxylic acids is 2. The molecule has 2 aromatic carbocycles. The molecule has 4 aromatic rings. The Morgan fingerprint density at radius 2 is 1.72 bits per heavy atom. The van der Waals surface area contributed by atoms with Gasteiger partial charge in [-0.25, -0.2) is 14.3 Å². The fourth-order valence-electron chi connectivity index (χ4n) is 4.43. The summed E-state index contributed by atoms with van der Waals surface area (Å²) < 4.78 is 12.5. The lowest BCUT2D eigenvalue weighted by atomic mass is 9.99. The number of halogens is 2. The minimum absolute atomic E-state index is 0.0118. The summed E-state index contributed by atoms with van der Waals surface area (Å²) in [6.45, 7) is 5.44. The first-order valence-electron chi connectivity index (χ1n) is 14.5. The average molecular weight is 670 g/mol. The van der Waals surface area contributed by atoms with Crippen LogP contribution in [0, 0.1) is 0 Å². The molecule has 14 heteroatoms. The Morgan fingerprint density at radius 3 is 2.41 bits per heavy atom. The lowest BCUT2D eigenvalue weighted by Gasteiger charge is -2.16. The zero-order valence-electron chi connectivity index (χ0n) is 25.5. The van der Waals surface area contributed by atoms with Crippen molar-refractivity contribution < 1.29 is 24.2 Å². The topological polar surface area (TPSA) is 148 Å². The highest BCUT2D eigenvalue weighted by Crippen LogP contribution is 2.31. The van der Waals surface area contributed by atoms with Gasteiger partial charge in [0.15, 0.2) is 0 Å². The maximum Gasteiger partial charge on any atom is 0.338 e. The third-order valence-electron chi connectivity index (χ3n) is 6.75. The minimum Gasteiger partial charge on any atom is -0.492 e. The summed E-state index contributed by atoms with van der Waals surface area (Å²) in [5, 5.41) is 19.0. The van der Waals surface area contributed by atoms with Gasteiger partial charge in [-0.2, -0.15) is 5.10 Å². The first-order chi connectivity index (χ1) is 22.1. The molecule has 0 atom stereocenters. The van der Waals surface area contributed by atoms with Crippen LogP contribution in [0.4, 0.5) is 16.2 Å². The predicted molar refractivity (Wildman–Crippen MR) is 178 cm³/mol. The van der Waals surface area contributed by atoms with Crippen molar-refractivity contribution in [2.24, 2.45) is 0 Å². The summed E-state index contributed by atoms with van der Waals surface area (Å²) in [7, 11) is 1.88. The van der Waals surface area contributed by atoms with Crippen LogP contribution in [-0.2, 0) is 11.3 Å². The van der Waals surface area contributed by atoms with E-state index in [-0.39, 0.29) is 41.2 Å². The van der Waals surface area contributed by atoms with Gasteiger partial charge in [-0.15, -0.1) is 0 Å². The van der Waals surface area contributed by atoms with Crippen molar-refractivity contribution in [1.29, 1.82) is 0 Å². The highest BCUT2D eigenvalue weighted by atomic mass is 35.5. The zero-order chi connectivity index (χ0) is 33.2. The van der Waals surface area contributed by atoms with Gasteiger partial charge in [0.1, 0.15) is 18.0 Å². The molecule has 12 nitrogen and oxygen atoms in total. The molecular weight excluding hydrogens is 635 g/mol. The normalized spacial score (nSPS) is 10.9. The molecule has 46 heavy (non-hydrogen) atoms. The van der Waals surface area contributed by atoms with Gasteiger partial charge < -0.3 is 30.1 Å². The summed E-state index contributed by atoms with van der Waals surface area (Å²) in [6.07, 6.45) is 2.67. The third-order valence-corrected chi connectivity index (χ3v) is 7.32. The van der Waals surface area contributed by atoms with Crippen LogP contribution in [0.5, 0.6) is 5.75 Å². The van der Waals surface area contributed by atoms with E-state index in [1.807, 2.05) is 42.3 Å². The lowest BCUT2D eigenvalue weighted by Crippen LogP contribution is -2.29. The number of ether oxygens (including phenoxy) is 2. The molecule has 2 heterocycles. The summed E-state index contributed by atoms with van der Waals surface area (Å²) >= 11 is 12.2. The Hall–Kier alpha value is -4.49. The molecule has 242 valence electrons. The van der Waals surface area contributed by atoms with Gasteiger partial charge in [-0.3, -0.25) is 9.78 Å². The number of likely N-dealkylation sites (N-methyl/N-ethyl adjacent to an activating group) is 1. The summed E-state index contributed by atoms with van der Waals surface area (Å²) in [4.78, 5) is 44.4.